The predicted octanol–water partition coefficient (Wildman–Crippen LogP) is 2.19. The zero-order valence-electron chi connectivity index (χ0n) is 13.0. The largest absolute Gasteiger partial charge is 0.479 e. The Bertz CT molecular complexity index is 496. The number of carbonyl (C=O) groups is 2. The van der Waals surface area contributed by atoms with Gasteiger partial charge in [-0.25, -0.2) is 4.79 Å². The summed E-state index contributed by atoms with van der Waals surface area (Å²) in [5.41, 5.74) is 0.589. The molecule has 1 unspecified atom stereocenters. The number of benzene rings is 1. The van der Waals surface area contributed by atoms with Crippen LogP contribution in [-0.4, -0.2) is 41.0 Å². The van der Waals surface area contributed by atoms with Gasteiger partial charge >= 0.3 is 5.97 Å². The Morgan fingerprint density at radius 1 is 1.09 bits per heavy atom. The van der Waals surface area contributed by atoms with E-state index in [-0.39, 0.29) is 11.9 Å². The van der Waals surface area contributed by atoms with Crippen molar-refractivity contribution in [2.75, 3.05) is 13.1 Å². The van der Waals surface area contributed by atoms with Crippen LogP contribution < -0.4 is 5.32 Å². The standard InChI is InChI=1S/C17H24N2O3/c1-13(19-11-7-2-3-8-12-19)16(20)18-15(17(21)22)14-9-5-4-6-10-14/h4-6,9-10,13,15H,2-3,7-8,11-12H2,1H3,(H,18,20)(H,21,22)/t13?,15-/m0/s1. The molecule has 0 aromatic heterocycles. The van der Waals surface area contributed by atoms with Crippen LogP contribution in [-0.2, 0) is 9.59 Å². The number of likely N-dealkylation sites (tertiary alicyclic amines) is 1. The van der Waals surface area contributed by atoms with Crippen molar-refractivity contribution >= 4 is 11.9 Å². The van der Waals surface area contributed by atoms with Crippen molar-refractivity contribution in [1.82, 2.24) is 10.2 Å². The first-order valence-corrected chi connectivity index (χ1v) is 7.92. The highest BCUT2D eigenvalue weighted by atomic mass is 16.4. The van der Waals surface area contributed by atoms with Crippen LogP contribution in [0, 0.1) is 0 Å². The molecule has 1 aliphatic heterocycles. The molecule has 1 fully saturated rings. The molecule has 1 aromatic carbocycles. The minimum absolute atomic E-state index is 0.224. The highest BCUT2D eigenvalue weighted by Crippen LogP contribution is 2.16. The van der Waals surface area contributed by atoms with E-state index in [1.807, 2.05) is 13.0 Å². The summed E-state index contributed by atoms with van der Waals surface area (Å²) in [6, 6.07) is 7.51. The number of aliphatic carboxylic acids is 1. The van der Waals surface area contributed by atoms with Crippen LogP contribution in [0.2, 0.25) is 0 Å². The molecule has 0 bridgehead atoms. The molecule has 120 valence electrons. The molecule has 2 atom stereocenters. The Kier molecular flexibility index (Phi) is 5.95. The van der Waals surface area contributed by atoms with Gasteiger partial charge in [0.2, 0.25) is 5.91 Å². The van der Waals surface area contributed by atoms with Crippen molar-refractivity contribution in [3.63, 3.8) is 0 Å². The fourth-order valence-corrected chi connectivity index (χ4v) is 2.84. The van der Waals surface area contributed by atoms with Gasteiger partial charge in [-0.2, -0.15) is 0 Å². The van der Waals surface area contributed by atoms with E-state index in [1.165, 1.54) is 12.8 Å². The molecule has 5 heteroatoms. The first kappa shape index (κ1) is 16.5. The maximum absolute atomic E-state index is 12.4. The van der Waals surface area contributed by atoms with Crippen LogP contribution in [0.25, 0.3) is 0 Å². The van der Waals surface area contributed by atoms with Crippen molar-refractivity contribution in [1.29, 1.82) is 0 Å². The molecule has 0 radical (unpaired) electrons. The van der Waals surface area contributed by atoms with Crippen molar-refractivity contribution in [3.05, 3.63) is 35.9 Å². The monoisotopic (exact) mass is 304 g/mol. The van der Waals surface area contributed by atoms with Crippen molar-refractivity contribution in [2.45, 2.75) is 44.7 Å². The highest BCUT2D eigenvalue weighted by molar-refractivity contribution is 5.87. The van der Waals surface area contributed by atoms with E-state index in [0.717, 1.165) is 25.9 Å². The van der Waals surface area contributed by atoms with Gasteiger partial charge in [0.1, 0.15) is 0 Å². The molecule has 1 aliphatic rings. The van der Waals surface area contributed by atoms with Crippen LogP contribution in [0.5, 0.6) is 0 Å². The first-order valence-electron chi connectivity index (χ1n) is 7.92. The molecule has 1 amide bonds. The van der Waals surface area contributed by atoms with Gasteiger partial charge in [-0.3, -0.25) is 9.69 Å². The number of carboxylic acid groups (broad SMARTS) is 1. The Morgan fingerprint density at radius 2 is 1.68 bits per heavy atom. The number of rotatable bonds is 5. The van der Waals surface area contributed by atoms with E-state index in [4.69, 9.17) is 0 Å². The van der Waals surface area contributed by atoms with Crippen molar-refractivity contribution in [2.24, 2.45) is 0 Å². The zero-order valence-corrected chi connectivity index (χ0v) is 13.0. The summed E-state index contributed by atoms with van der Waals surface area (Å²) in [6.07, 6.45) is 4.59. The topological polar surface area (TPSA) is 69.6 Å². The SMILES string of the molecule is CC(C(=O)N[C@H](C(=O)O)c1ccccc1)N1CCCCCC1. The molecule has 0 aliphatic carbocycles. The third-order valence-electron chi connectivity index (χ3n) is 4.23. The summed E-state index contributed by atoms with van der Waals surface area (Å²) in [5, 5.41) is 12.1. The molecule has 22 heavy (non-hydrogen) atoms. The van der Waals surface area contributed by atoms with Crippen LogP contribution in [0.1, 0.15) is 44.2 Å². The summed E-state index contributed by atoms with van der Waals surface area (Å²) in [6.45, 7) is 3.65. The minimum atomic E-state index is -1.04. The molecule has 0 saturated carbocycles. The second kappa shape index (κ2) is 7.94. The lowest BCUT2D eigenvalue weighted by atomic mass is 10.1. The average Bonchev–Trinajstić information content (AvgIpc) is 2.81. The van der Waals surface area contributed by atoms with Crippen LogP contribution in [0.3, 0.4) is 0 Å². The second-order valence-electron chi connectivity index (χ2n) is 5.82. The minimum Gasteiger partial charge on any atom is -0.479 e. The van der Waals surface area contributed by atoms with Gasteiger partial charge in [0.15, 0.2) is 6.04 Å². The van der Waals surface area contributed by atoms with E-state index in [1.54, 1.807) is 24.3 Å². The van der Waals surface area contributed by atoms with Gasteiger partial charge in [0.05, 0.1) is 6.04 Å². The van der Waals surface area contributed by atoms with Crippen molar-refractivity contribution < 1.29 is 14.7 Å². The third kappa shape index (κ3) is 4.31. The van der Waals surface area contributed by atoms with Crippen LogP contribution >= 0.6 is 0 Å². The second-order valence-corrected chi connectivity index (χ2v) is 5.82. The lowest BCUT2D eigenvalue weighted by Gasteiger charge is -2.27. The Hall–Kier alpha value is -1.88. The molecular weight excluding hydrogens is 280 g/mol. The molecule has 5 nitrogen and oxygen atoms in total. The number of hydrogen-bond acceptors (Lipinski definition) is 3. The smallest absolute Gasteiger partial charge is 0.330 e. The molecular formula is C17H24N2O3. The lowest BCUT2D eigenvalue weighted by molar-refractivity contribution is -0.142. The van der Waals surface area contributed by atoms with E-state index < -0.39 is 12.0 Å². The number of nitrogens with zero attached hydrogens (tertiary/aromatic N) is 1. The van der Waals surface area contributed by atoms with Gasteiger partial charge in [-0.1, -0.05) is 43.2 Å². The fourth-order valence-electron chi connectivity index (χ4n) is 2.84. The summed E-state index contributed by atoms with van der Waals surface area (Å²) in [7, 11) is 0. The van der Waals surface area contributed by atoms with Gasteiger partial charge in [0.25, 0.3) is 0 Å². The van der Waals surface area contributed by atoms with Gasteiger partial charge in [0, 0.05) is 0 Å². The molecule has 2 N–H and O–H groups in total. The summed E-state index contributed by atoms with van der Waals surface area (Å²) < 4.78 is 0. The normalized spacial score (nSPS) is 19.0. The van der Waals surface area contributed by atoms with Gasteiger partial charge in [-0.05, 0) is 38.4 Å². The molecule has 1 heterocycles. The lowest BCUT2D eigenvalue weighted by Crippen LogP contribution is -2.47. The Morgan fingerprint density at radius 3 is 2.23 bits per heavy atom. The number of carboxylic acids is 1. The van der Waals surface area contributed by atoms with Crippen LogP contribution in [0.4, 0.5) is 0 Å². The van der Waals surface area contributed by atoms with E-state index in [2.05, 4.69) is 10.2 Å². The van der Waals surface area contributed by atoms with E-state index >= 15 is 0 Å². The third-order valence-corrected chi connectivity index (χ3v) is 4.23. The van der Waals surface area contributed by atoms with Gasteiger partial charge < -0.3 is 10.4 Å². The maximum Gasteiger partial charge on any atom is 0.330 e. The number of amides is 1. The fraction of sp³-hybridized carbons (Fsp3) is 0.529. The van der Waals surface area contributed by atoms with E-state index in [0.29, 0.717) is 5.56 Å². The predicted molar refractivity (Wildman–Crippen MR) is 84.5 cm³/mol. The van der Waals surface area contributed by atoms with Crippen molar-refractivity contribution in [3.8, 4) is 0 Å². The first-order chi connectivity index (χ1) is 10.6. The summed E-state index contributed by atoms with van der Waals surface area (Å²) in [5.74, 6) is -1.26. The average molecular weight is 304 g/mol. The number of nitrogens with one attached hydrogen (secondary N) is 1. The van der Waals surface area contributed by atoms with E-state index in [9.17, 15) is 14.7 Å². The maximum atomic E-state index is 12.4. The van der Waals surface area contributed by atoms with Crippen LogP contribution in [0.15, 0.2) is 30.3 Å². The molecule has 2 rings (SSSR count). The molecule has 1 saturated heterocycles. The highest BCUT2D eigenvalue weighted by Gasteiger charge is 2.27. The summed E-state index contributed by atoms with van der Waals surface area (Å²) >= 11 is 0. The van der Waals surface area contributed by atoms with Gasteiger partial charge in [-0.15, -0.1) is 0 Å². The Labute approximate surface area is 131 Å². The summed E-state index contributed by atoms with van der Waals surface area (Å²) in [4.78, 5) is 26.0. The molecule has 0 spiro atoms. The quantitative estimate of drug-likeness (QED) is 0.875. The number of carbonyl (C=O) groups excluding carboxylic acids is 1. The molecule has 1 aromatic rings. The number of hydrogen-bond donors (Lipinski definition) is 2. The zero-order chi connectivity index (χ0) is 15.9. The Balaban J connectivity index is 2.03.